The van der Waals surface area contributed by atoms with Gasteiger partial charge in [-0.2, -0.15) is 0 Å². The first-order valence-electron chi connectivity index (χ1n) is 12.2. The number of halogens is 2. The number of rotatable bonds is 2. The van der Waals surface area contributed by atoms with E-state index in [1.807, 2.05) is 0 Å². The van der Waals surface area contributed by atoms with E-state index in [-0.39, 0.29) is 10.8 Å². The van der Waals surface area contributed by atoms with E-state index in [0.29, 0.717) is 0 Å². The predicted molar refractivity (Wildman–Crippen MR) is 157 cm³/mol. The summed E-state index contributed by atoms with van der Waals surface area (Å²) >= 11 is 7.61. The van der Waals surface area contributed by atoms with E-state index in [1.165, 1.54) is 44.5 Å². The first-order chi connectivity index (χ1) is 16.4. The van der Waals surface area contributed by atoms with Gasteiger partial charge in [0.15, 0.2) is 0 Å². The highest BCUT2D eigenvalue weighted by Gasteiger charge is 2.47. The van der Waals surface area contributed by atoms with Gasteiger partial charge in [0.2, 0.25) is 0 Å². The molecule has 2 heteroatoms. The first-order valence-corrected chi connectivity index (χ1v) is 13.8. The molecule has 0 unspecified atom stereocenters. The third-order valence-corrected chi connectivity index (χ3v) is 8.37. The fourth-order valence-electron chi connectivity index (χ4n) is 5.49. The normalized spacial score (nSPS) is 14.5. The molecule has 0 spiro atoms. The zero-order valence-electron chi connectivity index (χ0n) is 21.3. The van der Waals surface area contributed by atoms with Gasteiger partial charge in [0.25, 0.3) is 0 Å². The molecule has 0 N–H and O–H groups in total. The fourth-order valence-corrected chi connectivity index (χ4v) is 6.22. The van der Waals surface area contributed by atoms with Gasteiger partial charge in [0, 0.05) is 8.95 Å². The Bertz CT molecular complexity index is 1320. The quantitative estimate of drug-likeness (QED) is 0.193. The molecule has 4 aromatic rings. The maximum atomic E-state index is 3.80. The Morgan fingerprint density at radius 1 is 0.514 bits per heavy atom. The lowest BCUT2D eigenvalue weighted by molar-refractivity contribution is 0.585. The van der Waals surface area contributed by atoms with Crippen LogP contribution in [0.25, 0.3) is 11.1 Å². The molecular formula is C33H32Br2. The van der Waals surface area contributed by atoms with Gasteiger partial charge in [-0.15, -0.1) is 0 Å². The Hall–Kier alpha value is -2.16. The summed E-state index contributed by atoms with van der Waals surface area (Å²) in [4.78, 5) is 0. The van der Waals surface area contributed by atoms with E-state index in [4.69, 9.17) is 0 Å². The Labute approximate surface area is 227 Å². The highest BCUT2D eigenvalue weighted by atomic mass is 79.9. The molecule has 35 heavy (non-hydrogen) atoms. The summed E-state index contributed by atoms with van der Waals surface area (Å²) in [5.41, 5.74) is 10.3. The van der Waals surface area contributed by atoms with Crippen LogP contribution in [0.1, 0.15) is 74.9 Å². The van der Waals surface area contributed by atoms with E-state index in [1.54, 1.807) is 0 Å². The second kappa shape index (κ2) is 8.46. The second-order valence-corrected chi connectivity index (χ2v) is 13.6. The van der Waals surface area contributed by atoms with Crippen molar-refractivity contribution in [3.8, 4) is 11.1 Å². The van der Waals surface area contributed by atoms with Gasteiger partial charge in [-0.1, -0.05) is 134 Å². The van der Waals surface area contributed by atoms with Crippen molar-refractivity contribution < 1.29 is 0 Å². The van der Waals surface area contributed by atoms with Crippen LogP contribution in [0, 0.1) is 0 Å². The van der Waals surface area contributed by atoms with E-state index in [9.17, 15) is 0 Å². The van der Waals surface area contributed by atoms with Crippen LogP contribution in [0.4, 0.5) is 0 Å². The molecule has 0 heterocycles. The average molecular weight is 588 g/mol. The summed E-state index contributed by atoms with van der Waals surface area (Å²) < 4.78 is 2.21. The van der Waals surface area contributed by atoms with Crippen molar-refractivity contribution >= 4 is 31.9 Å². The lowest BCUT2D eigenvalue weighted by Crippen LogP contribution is -2.30. The predicted octanol–water partition coefficient (Wildman–Crippen LogP) is 10.2. The Morgan fingerprint density at radius 2 is 0.914 bits per heavy atom. The minimum absolute atomic E-state index is 0.0588. The zero-order valence-corrected chi connectivity index (χ0v) is 24.5. The van der Waals surface area contributed by atoms with Crippen molar-refractivity contribution in [2.75, 3.05) is 0 Å². The number of hydrogen-bond donors (Lipinski definition) is 0. The summed E-state index contributed by atoms with van der Waals surface area (Å²) in [6.07, 6.45) is 0. The van der Waals surface area contributed by atoms with Crippen molar-refractivity contribution in [1.82, 2.24) is 0 Å². The zero-order chi connectivity index (χ0) is 25.2. The molecule has 0 fully saturated rings. The minimum atomic E-state index is -0.416. The second-order valence-electron chi connectivity index (χ2n) is 11.8. The van der Waals surface area contributed by atoms with Crippen LogP contribution in [0.15, 0.2) is 93.9 Å². The molecule has 0 aromatic heterocycles. The van der Waals surface area contributed by atoms with Crippen LogP contribution in [0.3, 0.4) is 0 Å². The average Bonchev–Trinajstić information content (AvgIpc) is 3.07. The molecule has 0 bridgehead atoms. The van der Waals surface area contributed by atoms with Gasteiger partial charge in [0.05, 0.1) is 5.41 Å². The summed E-state index contributed by atoms with van der Waals surface area (Å²) in [6, 6.07) is 32.0. The number of fused-ring (bicyclic) bond motifs is 3. The molecule has 5 rings (SSSR count). The summed E-state index contributed by atoms with van der Waals surface area (Å²) in [7, 11) is 0. The molecule has 0 saturated carbocycles. The largest absolute Gasteiger partial charge is 0.0714 e. The standard InChI is InChI=1S/C33H32Br2/c1-31(2,3)21-9-7-11-23(17-21)33(24-12-8-10-22(18-24)32(4,5)6)29-19-25(34)13-15-27(29)28-16-14-26(35)20-30(28)33/h7-20H,1-6H3. The van der Waals surface area contributed by atoms with Gasteiger partial charge in [-0.25, -0.2) is 0 Å². The summed E-state index contributed by atoms with van der Waals surface area (Å²) in [5.74, 6) is 0. The highest BCUT2D eigenvalue weighted by Crippen LogP contribution is 2.57. The summed E-state index contributed by atoms with van der Waals surface area (Å²) in [6.45, 7) is 13.8. The maximum Gasteiger partial charge on any atom is 0.0714 e. The molecular weight excluding hydrogens is 556 g/mol. The molecule has 178 valence electrons. The van der Waals surface area contributed by atoms with Gasteiger partial charge in [-0.05, 0) is 79.6 Å². The Balaban J connectivity index is 1.97. The fraction of sp³-hybridized carbons (Fsp3) is 0.273. The van der Waals surface area contributed by atoms with E-state index < -0.39 is 5.41 Å². The highest BCUT2D eigenvalue weighted by molar-refractivity contribution is 9.10. The van der Waals surface area contributed by atoms with Crippen LogP contribution >= 0.6 is 31.9 Å². The van der Waals surface area contributed by atoms with E-state index >= 15 is 0 Å². The molecule has 0 amide bonds. The molecule has 4 aromatic carbocycles. The minimum Gasteiger partial charge on any atom is -0.0616 e. The lowest BCUT2D eigenvalue weighted by Gasteiger charge is -2.36. The van der Waals surface area contributed by atoms with Gasteiger partial charge in [-0.3, -0.25) is 0 Å². The van der Waals surface area contributed by atoms with Crippen LogP contribution in [-0.4, -0.2) is 0 Å². The van der Waals surface area contributed by atoms with Crippen LogP contribution < -0.4 is 0 Å². The maximum absolute atomic E-state index is 3.80. The van der Waals surface area contributed by atoms with Crippen molar-refractivity contribution in [2.24, 2.45) is 0 Å². The molecule has 0 saturated heterocycles. The molecule has 0 aliphatic heterocycles. The molecule has 0 atom stereocenters. The van der Waals surface area contributed by atoms with Crippen LogP contribution in [-0.2, 0) is 16.2 Å². The van der Waals surface area contributed by atoms with Gasteiger partial charge >= 0.3 is 0 Å². The van der Waals surface area contributed by atoms with Crippen molar-refractivity contribution in [3.05, 3.63) is 127 Å². The molecule has 1 aliphatic carbocycles. The van der Waals surface area contributed by atoms with Gasteiger partial charge in [0.1, 0.15) is 0 Å². The first kappa shape index (κ1) is 24.5. The molecule has 1 aliphatic rings. The van der Waals surface area contributed by atoms with Crippen LogP contribution in [0.5, 0.6) is 0 Å². The monoisotopic (exact) mass is 586 g/mol. The molecule has 0 radical (unpaired) electrons. The lowest BCUT2D eigenvalue weighted by atomic mass is 9.66. The third-order valence-electron chi connectivity index (χ3n) is 7.38. The van der Waals surface area contributed by atoms with Gasteiger partial charge < -0.3 is 0 Å². The van der Waals surface area contributed by atoms with E-state index in [2.05, 4.69) is 158 Å². The number of benzene rings is 4. The van der Waals surface area contributed by atoms with E-state index in [0.717, 1.165) is 8.95 Å². The van der Waals surface area contributed by atoms with Crippen molar-refractivity contribution in [1.29, 1.82) is 0 Å². The van der Waals surface area contributed by atoms with Crippen LogP contribution in [0.2, 0.25) is 0 Å². The van der Waals surface area contributed by atoms with Crippen molar-refractivity contribution in [3.63, 3.8) is 0 Å². The Kier molecular flexibility index (Phi) is 5.93. The number of hydrogen-bond acceptors (Lipinski definition) is 0. The topological polar surface area (TPSA) is 0 Å². The Morgan fingerprint density at radius 3 is 1.29 bits per heavy atom. The molecule has 0 nitrogen and oxygen atoms in total. The smallest absolute Gasteiger partial charge is 0.0616 e. The SMILES string of the molecule is CC(C)(C)c1cccc(C2(c3cccc(C(C)(C)C)c3)c3cc(Br)ccc3-c3ccc(Br)cc32)c1. The van der Waals surface area contributed by atoms with Crippen molar-refractivity contribution in [2.45, 2.75) is 57.8 Å². The summed E-state index contributed by atoms with van der Waals surface area (Å²) in [5, 5.41) is 0. The third kappa shape index (κ3) is 4.03.